The number of benzene rings is 1. The summed E-state index contributed by atoms with van der Waals surface area (Å²) in [5, 5.41) is 12.7. The van der Waals surface area contributed by atoms with Crippen LogP contribution in [0.15, 0.2) is 30.6 Å². The molecule has 9 heteroatoms. The summed E-state index contributed by atoms with van der Waals surface area (Å²) >= 11 is 6.11. The van der Waals surface area contributed by atoms with Crippen molar-refractivity contribution in [3.8, 4) is 0 Å². The first-order chi connectivity index (χ1) is 14.1. The van der Waals surface area contributed by atoms with Gasteiger partial charge in [-0.1, -0.05) is 30.5 Å². The summed E-state index contributed by atoms with van der Waals surface area (Å²) in [4.78, 5) is 26.6. The van der Waals surface area contributed by atoms with E-state index in [0.717, 1.165) is 57.5 Å². The van der Waals surface area contributed by atoms with Gasteiger partial charge in [0.05, 0.1) is 4.92 Å². The predicted octanol–water partition coefficient (Wildman–Crippen LogP) is 3.75. The number of anilines is 3. The van der Waals surface area contributed by atoms with Crippen molar-refractivity contribution in [2.75, 3.05) is 54.0 Å². The molecular weight excluding hydrogens is 392 g/mol. The molecule has 2 fully saturated rings. The SMILES string of the molecule is O=[N+]([O-])c1c(N2CCCCCC2)ncnc1N1CCN(c2cccc(Cl)c2)CC1. The molecule has 0 unspecified atom stereocenters. The summed E-state index contributed by atoms with van der Waals surface area (Å²) in [6.45, 7) is 4.42. The van der Waals surface area contributed by atoms with E-state index in [-0.39, 0.29) is 10.6 Å². The van der Waals surface area contributed by atoms with E-state index in [1.165, 1.54) is 6.33 Å². The molecule has 2 aromatic rings. The van der Waals surface area contributed by atoms with E-state index in [9.17, 15) is 10.1 Å². The van der Waals surface area contributed by atoms with Gasteiger partial charge in [0, 0.05) is 50.0 Å². The largest absolute Gasteiger partial charge is 0.368 e. The molecule has 2 saturated heterocycles. The third-order valence-electron chi connectivity index (χ3n) is 5.62. The van der Waals surface area contributed by atoms with Gasteiger partial charge in [-0.25, -0.2) is 9.97 Å². The average Bonchev–Trinajstić information content (AvgIpc) is 3.03. The van der Waals surface area contributed by atoms with Gasteiger partial charge in [0.25, 0.3) is 0 Å². The Balaban J connectivity index is 1.55. The predicted molar refractivity (Wildman–Crippen MR) is 115 cm³/mol. The van der Waals surface area contributed by atoms with Crippen LogP contribution in [-0.4, -0.2) is 54.2 Å². The number of halogens is 1. The zero-order valence-electron chi connectivity index (χ0n) is 16.3. The molecule has 4 rings (SSSR count). The number of piperazine rings is 1. The molecule has 0 aliphatic carbocycles. The molecule has 0 saturated carbocycles. The van der Waals surface area contributed by atoms with Crippen LogP contribution in [-0.2, 0) is 0 Å². The van der Waals surface area contributed by atoms with E-state index in [1.54, 1.807) is 0 Å². The second-order valence-corrected chi connectivity index (χ2v) is 7.92. The van der Waals surface area contributed by atoms with Crippen LogP contribution in [0.2, 0.25) is 5.02 Å². The Hall–Kier alpha value is -2.61. The van der Waals surface area contributed by atoms with Gasteiger partial charge >= 0.3 is 5.69 Å². The van der Waals surface area contributed by atoms with Crippen molar-refractivity contribution in [1.82, 2.24) is 9.97 Å². The van der Waals surface area contributed by atoms with Crippen molar-refractivity contribution in [1.29, 1.82) is 0 Å². The zero-order valence-corrected chi connectivity index (χ0v) is 17.1. The van der Waals surface area contributed by atoms with Gasteiger partial charge in [-0.15, -0.1) is 0 Å². The first-order valence-corrected chi connectivity index (χ1v) is 10.5. The number of aromatic nitrogens is 2. The van der Waals surface area contributed by atoms with Crippen LogP contribution in [0.1, 0.15) is 25.7 Å². The van der Waals surface area contributed by atoms with Crippen molar-refractivity contribution in [3.05, 3.63) is 45.7 Å². The van der Waals surface area contributed by atoms with E-state index < -0.39 is 0 Å². The quantitative estimate of drug-likeness (QED) is 0.554. The highest BCUT2D eigenvalue weighted by Crippen LogP contribution is 2.35. The number of rotatable bonds is 4. The van der Waals surface area contributed by atoms with Crippen molar-refractivity contribution in [3.63, 3.8) is 0 Å². The van der Waals surface area contributed by atoms with Crippen LogP contribution in [0.3, 0.4) is 0 Å². The normalized spacial score (nSPS) is 17.9. The van der Waals surface area contributed by atoms with Crippen LogP contribution in [0.25, 0.3) is 0 Å². The maximum atomic E-state index is 12.0. The lowest BCUT2D eigenvalue weighted by molar-refractivity contribution is -0.383. The molecule has 3 heterocycles. The molecule has 1 aromatic carbocycles. The van der Waals surface area contributed by atoms with E-state index in [2.05, 4.69) is 19.8 Å². The summed E-state index contributed by atoms with van der Waals surface area (Å²) in [7, 11) is 0. The number of nitrogens with zero attached hydrogens (tertiary/aromatic N) is 6. The van der Waals surface area contributed by atoms with Gasteiger partial charge in [-0.05, 0) is 31.0 Å². The average molecular weight is 417 g/mol. The topological polar surface area (TPSA) is 78.6 Å². The monoisotopic (exact) mass is 416 g/mol. The fourth-order valence-corrected chi connectivity index (χ4v) is 4.30. The van der Waals surface area contributed by atoms with Crippen molar-refractivity contribution < 1.29 is 4.92 Å². The fraction of sp³-hybridized carbons (Fsp3) is 0.500. The van der Waals surface area contributed by atoms with E-state index >= 15 is 0 Å². The minimum Gasteiger partial charge on any atom is -0.368 e. The molecule has 29 heavy (non-hydrogen) atoms. The van der Waals surface area contributed by atoms with Gasteiger partial charge in [0.1, 0.15) is 6.33 Å². The van der Waals surface area contributed by atoms with Gasteiger partial charge < -0.3 is 14.7 Å². The second-order valence-electron chi connectivity index (χ2n) is 7.48. The second kappa shape index (κ2) is 8.82. The first-order valence-electron chi connectivity index (χ1n) is 10.1. The molecule has 2 aliphatic heterocycles. The molecule has 1 aromatic heterocycles. The lowest BCUT2D eigenvalue weighted by atomic mass is 10.2. The first kappa shape index (κ1) is 19.7. The zero-order chi connectivity index (χ0) is 20.2. The highest BCUT2D eigenvalue weighted by molar-refractivity contribution is 6.30. The summed E-state index contributed by atoms with van der Waals surface area (Å²) in [6.07, 6.45) is 5.86. The smallest absolute Gasteiger partial charge is 0.353 e. The van der Waals surface area contributed by atoms with Crippen LogP contribution < -0.4 is 14.7 Å². The Morgan fingerprint density at radius 2 is 1.45 bits per heavy atom. The fourth-order valence-electron chi connectivity index (χ4n) is 4.12. The maximum Gasteiger partial charge on any atom is 0.353 e. The molecule has 8 nitrogen and oxygen atoms in total. The van der Waals surface area contributed by atoms with Crippen LogP contribution >= 0.6 is 11.6 Å². The summed E-state index contributed by atoms with van der Waals surface area (Å²) in [6, 6.07) is 7.77. The summed E-state index contributed by atoms with van der Waals surface area (Å²) in [5.74, 6) is 0.883. The van der Waals surface area contributed by atoms with E-state index in [1.807, 2.05) is 29.2 Å². The Morgan fingerprint density at radius 3 is 2.03 bits per heavy atom. The molecule has 0 bridgehead atoms. The van der Waals surface area contributed by atoms with Crippen molar-refractivity contribution >= 4 is 34.6 Å². The minimum absolute atomic E-state index is 0.0330. The Labute approximate surface area is 175 Å². The van der Waals surface area contributed by atoms with Crippen molar-refractivity contribution in [2.24, 2.45) is 0 Å². The summed E-state index contributed by atoms with van der Waals surface area (Å²) in [5.41, 5.74) is 1.10. The third kappa shape index (κ3) is 4.37. The molecular formula is C20H25ClN6O2. The molecule has 0 atom stereocenters. The maximum absolute atomic E-state index is 12.0. The highest BCUT2D eigenvalue weighted by Gasteiger charge is 2.31. The molecule has 0 spiro atoms. The number of nitro groups is 1. The van der Waals surface area contributed by atoms with Crippen LogP contribution in [0.4, 0.5) is 23.0 Å². The van der Waals surface area contributed by atoms with Gasteiger partial charge in [-0.2, -0.15) is 0 Å². The van der Waals surface area contributed by atoms with Gasteiger partial charge in [-0.3, -0.25) is 10.1 Å². The summed E-state index contributed by atoms with van der Waals surface area (Å²) < 4.78 is 0. The van der Waals surface area contributed by atoms with Gasteiger partial charge in [0.15, 0.2) is 0 Å². The lowest BCUT2D eigenvalue weighted by Gasteiger charge is -2.36. The molecule has 154 valence electrons. The number of hydrogen-bond acceptors (Lipinski definition) is 7. The number of hydrogen-bond donors (Lipinski definition) is 0. The van der Waals surface area contributed by atoms with E-state index in [0.29, 0.717) is 29.7 Å². The van der Waals surface area contributed by atoms with E-state index in [4.69, 9.17) is 11.6 Å². The lowest BCUT2D eigenvalue weighted by Crippen LogP contribution is -2.47. The molecule has 0 N–H and O–H groups in total. The van der Waals surface area contributed by atoms with Crippen LogP contribution in [0.5, 0.6) is 0 Å². The Bertz CT molecular complexity index is 864. The molecule has 2 aliphatic rings. The molecule has 0 radical (unpaired) electrons. The van der Waals surface area contributed by atoms with Gasteiger partial charge in [0.2, 0.25) is 11.6 Å². The van der Waals surface area contributed by atoms with Crippen molar-refractivity contribution in [2.45, 2.75) is 25.7 Å². The Kier molecular flexibility index (Phi) is 5.99. The standard InChI is InChI=1S/C20H25ClN6O2/c21-16-6-5-7-17(14-16)24-10-12-26(13-11-24)20-18(27(28)29)19(22-15-23-20)25-8-3-1-2-4-9-25/h5-7,14-15H,1-4,8-13H2. The molecule has 0 amide bonds. The minimum atomic E-state index is -0.321. The Morgan fingerprint density at radius 1 is 0.862 bits per heavy atom. The third-order valence-corrected chi connectivity index (χ3v) is 5.86. The van der Waals surface area contributed by atoms with Crippen LogP contribution in [0, 0.1) is 10.1 Å². The highest BCUT2D eigenvalue weighted by atomic mass is 35.5.